The summed E-state index contributed by atoms with van der Waals surface area (Å²) in [5, 5.41) is 0. The van der Waals surface area contributed by atoms with Crippen LogP contribution in [0.5, 0.6) is 0 Å². The Morgan fingerprint density at radius 3 is 2.90 bits per heavy atom. The van der Waals surface area contributed by atoms with E-state index in [2.05, 4.69) is 4.90 Å². The molecular formula is C16H21FN2S. The zero-order chi connectivity index (χ0) is 14.1. The topological polar surface area (TPSA) is 29.3 Å². The first-order chi connectivity index (χ1) is 9.65. The Labute approximate surface area is 125 Å². The normalized spacial score (nSPS) is 26.4. The molecule has 20 heavy (non-hydrogen) atoms. The van der Waals surface area contributed by atoms with E-state index in [1.54, 1.807) is 12.1 Å². The minimum absolute atomic E-state index is 0.209. The molecule has 2 atom stereocenters. The number of benzene rings is 1. The average Bonchev–Trinajstić information content (AvgIpc) is 2.82. The van der Waals surface area contributed by atoms with E-state index < -0.39 is 0 Å². The van der Waals surface area contributed by atoms with Gasteiger partial charge >= 0.3 is 0 Å². The lowest BCUT2D eigenvalue weighted by Gasteiger charge is -2.32. The van der Waals surface area contributed by atoms with Crippen LogP contribution in [0.15, 0.2) is 18.2 Å². The van der Waals surface area contributed by atoms with Gasteiger partial charge in [0, 0.05) is 18.2 Å². The Morgan fingerprint density at radius 1 is 1.30 bits per heavy atom. The van der Waals surface area contributed by atoms with E-state index in [1.165, 1.54) is 38.2 Å². The van der Waals surface area contributed by atoms with Gasteiger partial charge in [-0.25, -0.2) is 4.39 Å². The lowest BCUT2D eigenvalue weighted by molar-refractivity contribution is 0.176. The second-order valence-electron chi connectivity index (χ2n) is 6.04. The lowest BCUT2D eigenvalue weighted by Crippen LogP contribution is -2.34. The van der Waals surface area contributed by atoms with Crippen molar-refractivity contribution in [1.82, 2.24) is 4.90 Å². The number of nitrogens with zero attached hydrogens (tertiary/aromatic N) is 1. The smallest absolute Gasteiger partial charge is 0.123 e. The van der Waals surface area contributed by atoms with Gasteiger partial charge in [-0.1, -0.05) is 25.1 Å². The zero-order valence-corrected chi connectivity index (χ0v) is 12.5. The fraction of sp³-hybridized carbons (Fsp3) is 0.562. The molecule has 1 saturated heterocycles. The molecule has 0 aromatic heterocycles. The molecule has 2 unspecified atom stereocenters. The standard InChI is InChI=1S/C16H21FN2S/c17-13-5-6-14(16(18)20)12(9-13)10-19-8-7-11-3-1-2-4-15(11)19/h5-6,9,11,15H,1-4,7-8,10H2,(H2,18,20). The monoisotopic (exact) mass is 292 g/mol. The summed E-state index contributed by atoms with van der Waals surface area (Å²) in [4.78, 5) is 2.86. The van der Waals surface area contributed by atoms with Crippen LogP contribution in [-0.4, -0.2) is 22.5 Å². The van der Waals surface area contributed by atoms with Crippen LogP contribution in [0, 0.1) is 11.7 Å². The van der Waals surface area contributed by atoms with Crippen molar-refractivity contribution in [3.05, 3.63) is 35.1 Å². The molecule has 0 radical (unpaired) electrons. The number of fused-ring (bicyclic) bond motifs is 1. The van der Waals surface area contributed by atoms with Crippen LogP contribution in [0.4, 0.5) is 4.39 Å². The summed E-state index contributed by atoms with van der Waals surface area (Å²) < 4.78 is 13.5. The predicted octanol–water partition coefficient (Wildman–Crippen LogP) is 3.22. The Morgan fingerprint density at radius 2 is 2.10 bits per heavy atom. The van der Waals surface area contributed by atoms with Crippen LogP contribution in [0.25, 0.3) is 0 Å². The summed E-state index contributed by atoms with van der Waals surface area (Å²) in [5.41, 5.74) is 7.52. The Bertz CT molecular complexity index is 517. The first kappa shape index (κ1) is 14.0. The van der Waals surface area contributed by atoms with Gasteiger partial charge in [-0.2, -0.15) is 0 Å². The predicted molar refractivity (Wildman–Crippen MR) is 83.1 cm³/mol. The number of rotatable bonds is 3. The molecule has 0 bridgehead atoms. The fourth-order valence-electron chi connectivity index (χ4n) is 3.85. The maximum Gasteiger partial charge on any atom is 0.123 e. The van der Waals surface area contributed by atoms with Crippen LogP contribution in [0.1, 0.15) is 43.2 Å². The summed E-state index contributed by atoms with van der Waals surface area (Å²) in [7, 11) is 0. The molecule has 4 heteroatoms. The van der Waals surface area contributed by atoms with Crippen molar-refractivity contribution in [2.45, 2.75) is 44.7 Å². The van der Waals surface area contributed by atoms with Crippen LogP contribution < -0.4 is 5.73 Å². The highest BCUT2D eigenvalue weighted by Crippen LogP contribution is 2.37. The van der Waals surface area contributed by atoms with E-state index in [0.29, 0.717) is 11.0 Å². The first-order valence-corrected chi connectivity index (χ1v) is 7.88. The van der Waals surface area contributed by atoms with Crippen molar-refractivity contribution in [2.24, 2.45) is 11.7 Å². The lowest BCUT2D eigenvalue weighted by atomic mass is 9.85. The zero-order valence-electron chi connectivity index (χ0n) is 11.6. The first-order valence-electron chi connectivity index (χ1n) is 7.47. The highest BCUT2D eigenvalue weighted by molar-refractivity contribution is 7.80. The van der Waals surface area contributed by atoms with Crippen LogP contribution in [-0.2, 0) is 6.54 Å². The minimum atomic E-state index is -0.209. The minimum Gasteiger partial charge on any atom is -0.389 e. The van der Waals surface area contributed by atoms with E-state index in [0.717, 1.165) is 30.1 Å². The Hall–Kier alpha value is -1.00. The van der Waals surface area contributed by atoms with Gasteiger partial charge < -0.3 is 5.73 Å². The number of halogens is 1. The Balaban J connectivity index is 1.80. The van der Waals surface area contributed by atoms with E-state index in [9.17, 15) is 4.39 Å². The van der Waals surface area contributed by atoms with Gasteiger partial charge in [0.25, 0.3) is 0 Å². The third kappa shape index (κ3) is 2.72. The summed E-state index contributed by atoms with van der Waals surface area (Å²) in [6.07, 6.45) is 6.60. The average molecular weight is 292 g/mol. The SMILES string of the molecule is NC(=S)c1ccc(F)cc1CN1CCC2CCCCC21. The third-order valence-electron chi connectivity index (χ3n) is 4.83. The molecule has 2 fully saturated rings. The molecule has 1 aliphatic carbocycles. The molecule has 1 heterocycles. The molecule has 2 aliphatic rings. The largest absolute Gasteiger partial charge is 0.389 e. The summed E-state index contributed by atoms with van der Waals surface area (Å²) in [6.45, 7) is 1.88. The molecule has 0 spiro atoms. The number of thiocarbonyl (C=S) groups is 1. The summed E-state index contributed by atoms with van der Waals surface area (Å²) >= 11 is 5.09. The molecular weight excluding hydrogens is 271 g/mol. The van der Waals surface area contributed by atoms with Gasteiger partial charge in [-0.05, 0) is 55.5 Å². The molecule has 3 rings (SSSR count). The van der Waals surface area contributed by atoms with E-state index in [4.69, 9.17) is 18.0 Å². The molecule has 1 aliphatic heterocycles. The van der Waals surface area contributed by atoms with Gasteiger partial charge in [0.15, 0.2) is 0 Å². The third-order valence-corrected chi connectivity index (χ3v) is 5.05. The summed E-state index contributed by atoms with van der Waals surface area (Å²) in [6, 6.07) is 5.41. The fourth-order valence-corrected chi connectivity index (χ4v) is 4.05. The van der Waals surface area contributed by atoms with Crippen molar-refractivity contribution in [1.29, 1.82) is 0 Å². The second-order valence-corrected chi connectivity index (χ2v) is 6.48. The quantitative estimate of drug-likeness (QED) is 0.867. The number of hydrogen-bond donors (Lipinski definition) is 1. The van der Waals surface area contributed by atoms with Crippen LogP contribution in [0.2, 0.25) is 0 Å². The number of likely N-dealkylation sites (tertiary alicyclic amines) is 1. The van der Waals surface area contributed by atoms with E-state index >= 15 is 0 Å². The number of hydrogen-bond acceptors (Lipinski definition) is 2. The van der Waals surface area contributed by atoms with Gasteiger partial charge in [0.1, 0.15) is 10.8 Å². The van der Waals surface area contributed by atoms with Gasteiger partial charge in [-0.3, -0.25) is 4.90 Å². The molecule has 2 N–H and O–H groups in total. The molecule has 1 saturated carbocycles. The van der Waals surface area contributed by atoms with Crippen molar-refractivity contribution in [2.75, 3.05) is 6.54 Å². The maximum atomic E-state index is 13.5. The van der Waals surface area contributed by atoms with E-state index in [-0.39, 0.29) is 5.82 Å². The van der Waals surface area contributed by atoms with Crippen molar-refractivity contribution in [3.63, 3.8) is 0 Å². The van der Waals surface area contributed by atoms with Crippen molar-refractivity contribution < 1.29 is 4.39 Å². The second kappa shape index (κ2) is 5.78. The summed E-state index contributed by atoms with van der Waals surface area (Å²) in [5.74, 6) is 0.630. The van der Waals surface area contributed by atoms with Crippen LogP contribution >= 0.6 is 12.2 Å². The molecule has 1 aromatic carbocycles. The molecule has 1 aromatic rings. The molecule has 0 amide bonds. The van der Waals surface area contributed by atoms with Crippen molar-refractivity contribution >= 4 is 17.2 Å². The van der Waals surface area contributed by atoms with E-state index in [1.807, 2.05) is 0 Å². The van der Waals surface area contributed by atoms with Gasteiger partial charge in [0.05, 0.1) is 0 Å². The van der Waals surface area contributed by atoms with Gasteiger partial charge in [0.2, 0.25) is 0 Å². The molecule has 2 nitrogen and oxygen atoms in total. The highest BCUT2D eigenvalue weighted by Gasteiger charge is 2.35. The maximum absolute atomic E-state index is 13.5. The number of nitrogens with two attached hydrogens (primary N) is 1. The Kier molecular flexibility index (Phi) is 4.03. The molecule has 108 valence electrons. The highest BCUT2D eigenvalue weighted by atomic mass is 32.1. The van der Waals surface area contributed by atoms with Crippen LogP contribution in [0.3, 0.4) is 0 Å². The van der Waals surface area contributed by atoms with Gasteiger partial charge in [-0.15, -0.1) is 0 Å². The van der Waals surface area contributed by atoms with Crippen molar-refractivity contribution in [3.8, 4) is 0 Å².